The Balaban J connectivity index is 1.61. The summed E-state index contributed by atoms with van der Waals surface area (Å²) in [6, 6.07) is 14.9. The molecule has 3 aromatic rings. The molecule has 0 atom stereocenters. The maximum absolute atomic E-state index is 12.2. The first-order valence-corrected chi connectivity index (χ1v) is 8.16. The number of benzene rings is 1. The van der Waals surface area contributed by atoms with E-state index in [1.807, 2.05) is 42.5 Å². The molecule has 0 aliphatic carbocycles. The van der Waals surface area contributed by atoms with Gasteiger partial charge in [-0.2, -0.15) is 0 Å². The molecule has 0 saturated heterocycles. The topological polar surface area (TPSA) is 66.9 Å². The number of nitrogens with zero attached hydrogens (tertiary/aromatic N) is 2. The van der Waals surface area contributed by atoms with Gasteiger partial charge in [0, 0.05) is 23.4 Å². The summed E-state index contributed by atoms with van der Waals surface area (Å²) < 4.78 is 0.827. The van der Waals surface area contributed by atoms with Gasteiger partial charge < -0.3 is 10.6 Å². The van der Waals surface area contributed by atoms with E-state index in [4.69, 9.17) is 0 Å². The van der Waals surface area contributed by atoms with E-state index in [-0.39, 0.29) is 5.91 Å². The van der Waals surface area contributed by atoms with E-state index in [9.17, 15) is 4.79 Å². The Kier molecular flexibility index (Phi) is 5.18. The number of para-hydroxylation sites is 1. The predicted octanol–water partition coefficient (Wildman–Crippen LogP) is 4.10. The van der Waals surface area contributed by atoms with Crippen LogP contribution in [-0.4, -0.2) is 15.9 Å². The van der Waals surface area contributed by atoms with Crippen molar-refractivity contribution in [2.24, 2.45) is 0 Å². The van der Waals surface area contributed by atoms with Crippen LogP contribution in [0.5, 0.6) is 0 Å². The molecule has 5 nitrogen and oxygen atoms in total. The van der Waals surface area contributed by atoms with Gasteiger partial charge in [0.25, 0.3) is 5.91 Å². The highest BCUT2D eigenvalue weighted by Gasteiger charge is 2.09. The number of hydrogen-bond acceptors (Lipinski definition) is 4. The van der Waals surface area contributed by atoms with Crippen molar-refractivity contribution in [1.29, 1.82) is 0 Å². The Morgan fingerprint density at radius 1 is 1.04 bits per heavy atom. The third-order valence-corrected chi connectivity index (χ3v) is 4.03. The summed E-state index contributed by atoms with van der Waals surface area (Å²) in [7, 11) is 0. The van der Waals surface area contributed by atoms with Gasteiger partial charge in [0.05, 0.1) is 17.6 Å². The van der Waals surface area contributed by atoms with Gasteiger partial charge in [0.15, 0.2) is 0 Å². The average Bonchev–Trinajstić information content (AvgIpc) is 2.63. The molecule has 0 spiro atoms. The van der Waals surface area contributed by atoms with Crippen LogP contribution in [0.3, 0.4) is 0 Å². The van der Waals surface area contributed by atoms with Crippen molar-refractivity contribution in [3.05, 3.63) is 82.9 Å². The Hall–Kier alpha value is -2.73. The summed E-state index contributed by atoms with van der Waals surface area (Å²) in [5.41, 5.74) is 2.99. The standard InChI is InChI=1S/C18H15BrN4O/c19-15-5-1-2-6-16(15)23-18(24)17-8-7-14(12-22-17)21-11-13-4-3-9-20-10-13/h1-10,12,21H,11H2,(H,23,24). The highest BCUT2D eigenvalue weighted by Crippen LogP contribution is 2.21. The molecule has 0 aliphatic rings. The SMILES string of the molecule is O=C(Nc1ccccc1Br)c1ccc(NCc2cccnc2)cn1. The zero-order valence-corrected chi connectivity index (χ0v) is 14.3. The minimum Gasteiger partial charge on any atom is -0.380 e. The molecule has 1 aromatic carbocycles. The smallest absolute Gasteiger partial charge is 0.274 e. The molecular formula is C18H15BrN4O. The van der Waals surface area contributed by atoms with E-state index in [1.54, 1.807) is 24.7 Å². The molecular weight excluding hydrogens is 368 g/mol. The minimum absolute atomic E-state index is 0.249. The van der Waals surface area contributed by atoms with E-state index in [1.165, 1.54) is 0 Å². The van der Waals surface area contributed by atoms with Crippen LogP contribution in [0.4, 0.5) is 11.4 Å². The number of carbonyl (C=O) groups is 1. The van der Waals surface area contributed by atoms with Crippen molar-refractivity contribution in [3.8, 4) is 0 Å². The van der Waals surface area contributed by atoms with E-state index in [2.05, 4.69) is 36.5 Å². The first-order chi connectivity index (χ1) is 11.7. The summed E-state index contributed by atoms with van der Waals surface area (Å²) >= 11 is 3.40. The van der Waals surface area contributed by atoms with Crippen molar-refractivity contribution >= 4 is 33.2 Å². The molecule has 6 heteroatoms. The molecule has 2 heterocycles. The molecule has 2 aromatic heterocycles. The van der Waals surface area contributed by atoms with Gasteiger partial charge in [0.1, 0.15) is 5.69 Å². The van der Waals surface area contributed by atoms with E-state index in [0.29, 0.717) is 17.9 Å². The zero-order chi connectivity index (χ0) is 16.8. The van der Waals surface area contributed by atoms with Crippen LogP contribution in [0.25, 0.3) is 0 Å². The zero-order valence-electron chi connectivity index (χ0n) is 12.7. The minimum atomic E-state index is -0.249. The summed E-state index contributed by atoms with van der Waals surface area (Å²) in [5.74, 6) is -0.249. The number of nitrogens with one attached hydrogen (secondary N) is 2. The molecule has 0 saturated carbocycles. The van der Waals surface area contributed by atoms with Crippen LogP contribution in [-0.2, 0) is 6.54 Å². The van der Waals surface area contributed by atoms with Crippen molar-refractivity contribution < 1.29 is 4.79 Å². The fourth-order valence-corrected chi connectivity index (χ4v) is 2.47. The van der Waals surface area contributed by atoms with Crippen LogP contribution in [0.2, 0.25) is 0 Å². The number of aromatic nitrogens is 2. The van der Waals surface area contributed by atoms with Crippen molar-refractivity contribution in [3.63, 3.8) is 0 Å². The van der Waals surface area contributed by atoms with E-state index >= 15 is 0 Å². The van der Waals surface area contributed by atoms with Gasteiger partial charge in [-0.05, 0) is 51.8 Å². The lowest BCUT2D eigenvalue weighted by Gasteiger charge is -2.08. The molecule has 0 fully saturated rings. The normalized spacial score (nSPS) is 10.2. The Labute approximate surface area is 148 Å². The maximum Gasteiger partial charge on any atom is 0.274 e. The number of pyridine rings is 2. The monoisotopic (exact) mass is 382 g/mol. The summed E-state index contributed by atoms with van der Waals surface area (Å²) in [5, 5.41) is 6.07. The Bertz CT molecular complexity index is 822. The van der Waals surface area contributed by atoms with Crippen LogP contribution >= 0.6 is 15.9 Å². The Morgan fingerprint density at radius 2 is 1.92 bits per heavy atom. The second-order valence-corrected chi connectivity index (χ2v) is 5.94. The Morgan fingerprint density at radius 3 is 2.62 bits per heavy atom. The number of carbonyl (C=O) groups excluding carboxylic acids is 1. The first-order valence-electron chi connectivity index (χ1n) is 7.37. The van der Waals surface area contributed by atoms with Crippen LogP contribution in [0.1, 0.15) is 16.1 Å². The lowest BCUT2D eigenvalue weighted by Crippen LogP contribution is -2.14. The highest BCUT2D eigenvalue weighted by molar-refractivity contribution is 9.10. The molecule has 0 bridgehead atoms. The second-order valence-electron chi connectivity index (χ2n) is 5.08. The molecule has 3 rings (SSSR count). The van der Waals surface area contributed by atoms with Gasteiger partial charge in [-0.1, -0.05) is 18.2 Å². The average molecular weight is 383 g/mol. The number of hydrogen-bond donors (Lipinski definition) is 2. The van der Waals surface area contributed by atoms with Crippen molar-refractivity contribution in [2.45, 2.75) is 6.54 Å². The number of rotatable bonds is 5. The first kappa shape index (κ1) is 16.1. The quantitative estimate of drug-likeness (QED) is 0.696. The molecule has 2 N–H and O–H groups in total. The van der Waals surface area contributed by atoms with Crippen molar-refractivity contribution in [1.82, 2.24) is 9.97 Å². The number of halogens is 1. The molecule has 0 aliphatic heterocycles. The van der Waals surface area contributed by atoms with Gasteiger partial charge in [-0.25, -0.2) is 4.98 Å². The molecule has 24 heavy (non-hydrogen) atoms. The summed E-state index contributed by atoms with van der Waals surface area (Å²) in [4.78, 5) is 20.5. The number of amides is 1. The fraction of sp³-hybridized carbons (Fsp3) is 0.0556. The second kappa shape index (κ2) is 7.70. The number of anilines is 2. The molecule has 0 radical (unpaired) electrons. The summed E-state index contributed by atoms with van der Waals surface area (Å²) in [6.45, 7) is 0.651. The van der Waals surface area contributed by atoms with Crippen LogP contribution in [0.15, 0.2) is 71.6 Å². The fourth-order valence-electron chi connectivity index (χ4n) is 2.09. The van der Waals surface area contributed by atoms with Crippen molar-refractivity contribution in [2.75, 3.05) is 10.6 Å². The maximum atomic E-state index is 12.2. The van der Waals surface area contributed by atoms with Gasteiger partial charge in [-0.3, -0.25) is 9.78 Å². The molecule has 1 amide bonds. The van der Waals surface area contributed by atoms with Crippen LogP contribution in [0, 0.1) is 0 Å². The largest absolute Gasteiger partial charge is 0.380 e. The van der Waals surface area contributed by atoms with Crippen LogP contribution < -0.4 is 10.6 Å². The highest BCUT2D eigenvalue weighted by atomic mass is 79.9. The third-order valence-electron chi connectivity index (χ3n) is 3.34. The lowest BCUT2D eigenvalue weighted by atomic mass is 10.2. The van der Waals surface area contributed by atoms with E-state index in [0.717, 1.165) is 15.7 Å². The van der Waals surface area contributed by atoms with E-state index < -0.39 is 0 Å². The summed E-state index contributed by atoms with van der Waals surface area (Å²) in [6.07, 6.45) is 5.19. The lowest BCUT2D eigenvalue weighted by molar-refractivity contribution is 0.102. The van der Waals surface area contributed by atoms with Gasteiger partial charge >= 0.3 is 0 Å². The van der Waals surface area contributed by atoms with Gasteiger partial charge in [-0.15, -0.1) is 0 Å². The molecule has 120 valence electrons. The molecule has 0 unspecified atom stereocenters. The third kappa shape index (κ3) is 4.17. The van der Waals surface area contributed by atoms with Gasteiger partial charge in [0.2, 0.25) is 0 Å². The predicted molar refractivity (Wildman–Crippen MR) is 97.9 cm³/mol.